The van der Waals surface area contributed by atoms with Crippen LogP contribution in [0, 0.1) is 5.82 Å². The van der Waals surface area contributed by atoms with E-state index in [1.807, 2.05) is 13.1 Å². The molecule has 4 heteroatoms. The van der Waals surface area contributed by atoms with E-state index >= 15 is 0 Å². The Bertz CT molecular complexity index is 540. The first-order valence-corrected chi connectivity index (χ1v) is 5.98. The summed E-state index contributed by atoms with van der Waals surface area (Å²) in [5, 5.41) is 2.99. The molecule has 0 saturated heterocycles. The molecule has 2 rings (SSSR count). The number of methoxy groups -OCH3 is 1. The van der Waals surface area contributed by atoms with Crippen molar-refractivity contribution in [3.8, 4) is 17.2 Å². The van der Waals surface area contributed by atoms with Crippen LogP contribution in [-0.4, -0.2) is 14.2 Å². The van der Waals surface area contributed by atoms with E-state index in [0.717, 1.165) is 11.3 Å². The summed E-state index contributed by atoms with van der Waals surface area (Å²) in [6.45, 7) is 0.545. The molecule has 0 atom stereocenters. The first kappa shape index (κ1) is 13.4. The third-order valence-electron chi connectivity index (χ3n) is 2.70. The van der Waals surface area contributed by atoms with Crippen molar-refractivity contribution in [1.29, 1.82) is 0 Å². The van der Waals surface area contributed by atoms with Crippen molar-refractivity contribution in [2.45, 2.75) is 6.54 Å². The summed E-state index contributed by atoms with van der Waals surface area (Å²) in [6.07, 6.45) is 0. The van der Waals surface area contributed by atoms with Crippen LogP contribution < -0.4 is 14.8 Å². The number of hydrogen-bond acceptors (Lipinski definition) is 3. The molecule has 0 fully saturated rings. The van der Waals surface area contributed by atoms with Crippen LogP contribution in [0.2, 0.25) is 0 Å². The smallest absolute Gasteiger partial charge is 0.167 e. The Hall–Kier alpha value is -2.07. The van der Waals surface area contributed by atoms with E-state index in [1.165, 1.54) is 6.07 Å². The predicted molar refractivity (Wildman–Crippen MR) is 72.2 cm³/mol. The number of halogens is 1. The van der Waals surface area contributed by atoms with Gasteiger partial charge in [0.15, 0.2) is 11.6 Å². The molecule has 19 heavy (non-hydrogen) atoms. The molecular formula is C15H16FNO2. The number of nitrogens with one attached hydrogen (secondary N) is 1. The van der Waals surface area contributed by atoms with Gasteiger partial charge >= 0.3 is 0 Å². The third-order valence-corrected chi connectivity index (χ3v) is 2.70. The third kappa shape index (κ3) is 3.23. The van der Waals surface area contributed by atoms with Gasteiger partial charge < -0.3 is 14.8 Å². The minimum absolute atomic E-state index is 0.252. The van der Waals surface area contributed by atoms with Crippen molar-refractivity contribution in [3.63, 3.8) is 0 Å². The van der Waals surface area contributed by atoms with Gasteiger partial charge in [-0.05, 0) is 37.4 Å². The summed E-state index contributed by atoms with van der Waals surface area (Å²) in [4.78, 5) is 0. The molecule has 100 valence electrons. The second-order valence-corrected chi connectivity index (χ2v) is 4.04. The number of para-hydroxylation sites is 1. The molecule has 0 amide bonds. The molecule has 0 heterocycles. The molecule has 2 aromatic rings. The van der Waals surface area contributed by atoms with Crippen LogP contribution in [0.1, 0.15) is 5.56 Å². The molecule has 0 saturated carbocycles. The highest BCUT2D eigenvalue weighted by molar-refractivity contribution is 5.40. The van der Waals surface area contributed by atoms with E-state index in [4.69, 9.17) is 9.47 Å². The summed E-state index contributed by atoms with van der Waals surface area (Å²) in [7, 11) is 3.40. The molecule has 0 aliphatic heterocycles. The Morgan fingerprint density at radius 1 is 1.05 bits per heavy atom. The van der Waals surface area contributed by atoms with Crippen molar-refractivity contribution in [1.82, 2.24) is 5.32 Å². The van der Waals surface area contributed by atoms with Crippen molar-refractivity contribution >= 4 is 0 Å². The Balaban J connectivity index is 2.26. The monoisotopic (exact) mass is 261 g/mol. The number of hydrogen-bond donors (Lipinski definition) is 1. The van der Waals surface area contributed by atoms with Crippen LogP contribution in [0.4, 0.5) is 4.39 Å². The normalized spacial score (nSPS) is 10.3. The van der Waals surface area contributed by atoms with Gasteiger partial charge in [-0.2, -0.15) is 0 Å². The fourth-order valence-corrected chi connectivity index (χ4v) is 1.76. The maximum atomic E-state index is 13.8. The highest BCUT2D eigenvalue weighted by atomic mass is 19.1. The van der Waals surface area contributed by atoms with Gasteiger partial charge in [0.05, 0.1) is 7.11 Å². The Labute approximate surface area is 112 Å². The highest BCUT2D eigenvalue weighted by Gasteiger charge is 2.10. The molecule has 0 aromatic heterocycles. The lowest BCUT2D eigenvalue weighted by molar-refractivity contribution is 0.410. The van der Waals surface area contributed by atoms with E-state index < -0.39 is 0 Å². The van der Waals surface area contributed by atoms with E-state index in [1.54, 1.807) is 37.4 Å². The molecule has 0 bridgehead atoms. The van der Waals surface area contributed by atoms with Crippen LogP contribution in [-0.2, 0) is 6.54 Å². The molecular weight excluding hydrogens is 245 g/mol. The molecule has 0 unspecified atom stereocenters. The van der Waals surface area contributed by atoms with Crippen molar-refractivity contribution in [2.24, 2.45) is 0 Å². The topological polar surface area (TPSA) is 30.5 Å². The first-order chi connectivity index (χ1) is 9.24. The van der Waals surface area contributed by atoms with Crippen molar-refractivity contribution in [3.05, 3.63) is 53.8 Å². The quantitative estimate of drug-likeness (QED) is 0.895. The van der Waals surface area contributed by atoms with E-state index in [0.29, 0.717) is 12.3 Å². The van der Waals surface area contributed by atoms with Gasteiger partial charge in [-0.1, -0.05) is 12.1 Å². The minimum Gasteiger partial charge on any atom is -0.497 e. The Morgan fingerprint density at radius 3 is 2.37 bits per heavy atom. The van der Waals surface area contributed by atoms with Gasteiger partial charge in [0.2, 0.25) is 0 Å². The minimum atomic E-state index is -0.372. The van der Waals surface area contributed by atoms with Gasteiger partial charge in [-0.25, -0.2) is 4.39 Å². The largest absolute Gasteiger partial charge is 0.497 e. The SMILES string of the molecule is CNCc1cccc(F)c1Oc1ccc(OC)cc1. The Kier molecular flexibility index (Phi) is 4.36. The van der Waals surface area contributed by atoms with Crippen LogP contribution in [0.3, 0.4) is 0 Å². The lowest BCUT2D eigenvalue weighted by Gasteiger charge is -2.12. The van der Waals surface area contributed by atoms with E-state index in [2.05, 4.69) is 5.32 Å². The molecule has 1 N–H and O–H groups in total. The van der Waals surface area contributed by atoms with Crippen LogP contribution in [0.15, 0.2) is 42.5 Å². The number of benzene rings is 2. The second kappa shape index (κ2) is 6.20. The lowest BCUT2D eigenvalue weighted by atomic mass is 10.2. The van der Waals surface area contributed by atoms with Crippen molar-refractivity contribution < 1.29 is 13.9 Å². The number of rotatable bonds is 5. The average molecular weight is 261 g/mol. The lowest BCUT2D eigenvalue weighted by Crippen LogP contribution is -2.07. The van der Waals surface area contributed by atoms with Gasteiger partial charge in [-0.15, -0.1) is 0 Å². The summed E-state index contributed by atoms with van der Waals surface area (Å²) in [6, 6.07) is 11.9. The average Bonchev–Trinajstić information content (AvgIpc) is 2.44. The zero-order valence-corrected chi connectivity index (χ0v) is 10.9. The van der Waals surface area contributed by atoms with Gasteiger partial charge in [0.25, 0.3) is 0 Å². The van der Waals surface area contributed by atoms with E-state index in [-0.39, 0.29) is 11.6 Å². The summed E-state index contributed by atoms with van der Waals surface area (Å²) in [5.74, 6) is 1.19. The predicted octanol–water partition coefficient (Wildman–Crippen LogP) is 3.35. The first-order valence-electron chi connectivity index (χ1n) is 5.98. The Morgan fingerprint density at radius 2 is 1.74 bits per heavy atom. The number of ether oxygens (including phenoxy) is 2. The molecule has 0 aliphatic rings. The van der Waals surface area contributed by atoms with Crippen LogP contribution in [0.5, 0.6) is 17.2 Å². The van der Waals surface area contributed by atoms with Crippen LogP contribution in [0.25, 0.3) is 0 Å². The summed E-state index contributed by atoms with van der Waals surface area (Å²) in [5.41, 5.74) is 0.776. The second-order valence-electron chi connectivity index (χ2n) is 4.04. The van der Waals surface area contributed by atoms with Crippen molar-refractivity contribution in [2.75, 3.05) is 14.2 Å². The zero-order chi connectivity index (χ0) is 13.7. The molecule has 0 aliphatic carbocycles. The van der Waals surface area contributed by atoms with Gasteiger partial charge in [-0.3, -0.25) is 0 Å². The maximum absolute atomic E-state index is 13.8. The molecule has 2 aromatic carbocycles. The standard InChI is InChI=1S/C15H16FNO2/c1-17-10-11-4-3-5-14(16)15(11)19-13-8-6-12(18-2)7-9-13/h3-9,17H,10H2,1-2H3. The maximum Gasteiger partial charge on any atom is 0.167 e. The summed E-state index contributed by atoms with van der Waals surface area (Å²) >= 11 is 0. The summed E-state index contributed by atoms with van der Waals surface area (Å²) < 4.78 is 24.5. The highest BCUT2D eigenvalue weighted by Crippen LogP contribution is 2.29. The fraction of sp³-hybridized carbons (Fsp3) is 0.200. The molecule has 3 nitrogen and oxygen atoms in total. The van der Waals surface area contributed by atoms with Gasteiger partial charge in [0.1, 0.15) is 11.5 Å². The zero-order valence-electron chi connectivity index (χ0n) is 10.9. The molecule has 0 radical (unpaired) electrons. The molecule has 0 spiro atoms. The fourth-order valence-electron chi connectivity index (χ4n) is 1.76. The van der Waals surface area contributed by atoms with Crippen LogP contribution >= 0.6 is 0 Å². The van der Waals surface area contributed by atoms with Gasteiger partial charge in [0, 0.05) is 12.1 Å². The van der Waals surface area contributed by atoms with E-state index in [9.17, 15) is 4.39 Å².